The molecule has 0 aliphatic carbocycles. The first-order valence-electron chi connectivity index (χ1n) is 8.00. The van der Waals surface area contributed by atoms with Gasteiger partial charge in [0.1, 0.15) is 0 Å². The summed E-state index contributed by atoms with van der Waals surface area (Å²) in [5.74, 6) is -0.656. The lowest BCUT2D eigenvalue weighted by Gasteiger charge is -2.12. The van der Waals surface area contributed by atoms with Crippen molar-refractivity contribution in [3.8, 4) is 11.5 Å². The fraction of sp³-hybridized carbons (Fsp3) is 0.333. The number of thiophene rings is 1. The summed E-state index contributed by atoms with van der Waals surface area (Å²) < 4.78 is 10.6. The van der Waals surface area contributed by atoms with E-state index in [9.17, 15) is 9.59 Å². The normalized spacial score (nSPS) is 10.3. The standard InChI is InChI=1S/C18H21NO5S/c1-3-13-6-7-14(25-13)10-19-18(22)12-5-8-15(24-11-17(20)21)16(9-12)23-4-2/h5-9H,3-4,10-11H2,1-2H3,(H,19,22)(H,20,21). The molecule has 1 heterocycles. The number of carbonyl (C=O) groups is 2. The van der Waals surface area contributed by atoms with E-state index in [0.29, 0.717) is 30.2 Å². The largest absolute Gasteiger partial charge is 0.490 e. The highest BCUT2D eigenvalue weighted by Crippen LogP contribution is 2.28. The van der Waals surface area contributed by atoms with E-state index in [4.69, 9.17) is 14.6 Å². The van der Waals surface area contributed by atoms with E-state index in [-0.39, 0.29) is 5.91 Å². The van der Waals surface area contributed by atoms with Crippen molar-refractivity contribution < 1.29 is 24.2 Å². The Morgan fingerprint density at radius 1 is 1.08 bits per heavy atom. The lowest BCUT2D eigenvalue weighted by molar-refractivity contribution is -0.139. The quantitative estimate of drug-likeness (QED) is 0.715. The van der Waals surface area contributed by atoms with E-state index < -0.39 is 12.6 Å². The van der Waals surface area contributed by atoms with Crippen LogP contribution in [0, 0.1) is 0 Å². The molecule has 0 atom stereocenters. The second-order valence-corrected chi connectivity index (χ2v) is 6.43. The third-order valence-corrected chi connectivity index (χ3v) is 4.58. The van der Waals surface area contributed by atoms with Crippen molar-refractivity contribution in [3.63, 3.8) is 0 Å². The van der Waals surface area contributed by atoms with Crippen LogP contribution in [0.4, 0.5) is 0 Å². The summed E-state index contributed by atoms with van der Waals surface area (Å²) >= 11 is 1.68. The molecule has 2 rings (SSSR count). The minimum Gasteiger partial charge on any atom is -0.490 e. The molecule has 134 valence electrons. The van der Waals surface area contributed by atoms with Gasteiger partial charge in [-0.25, -0.2) is 4.79 Å². The van der Waals surface area contributed by atoms with Crippen LogP contribution in [0.15, 0.2) is 30.3 Å². The molecule has 0 fully saturated rings. The molecular weight excluding hydrogens is 342 g/mol. The number of hydrogen-bond acceptors (Lipinski definition) is 5. The third-order valence-electron chi connectivity index (χ3n) is 3.35. The van der Waals surface area contributed by atoms with Crippen LogP contribution in [0.25, 0.3) is 0 Å². The number of ether oxygens (including phenoxy) is 2. The molecule has 1 aromatic heterocycles. The van der Waals surface area contributed by atoms with E-state index in [1.807, 2.05) is 6.07 Å². The molecule has 0 radical (unpaired) electrons. The van der Waals surface area contributed by atoms with Crippen LogP contribution in [0.5, 0.6) is 11.5 Å². The molecule has 0 aliphatic heterocycles. The highest BCUT2D eigenvalue weighted by molar-refractivity contribution is 7.11. The summed E-state index contributed by atoms with van der Waals surface area (Å²) in [5, 5.41) is 11.6. The van der Waals surface area contributed by atoms with Crippen molar-refractivity contribution in [1.29, 1.82) is 0 Å². The van der Waals surface area contributed by atoms with Crippen molar-refractivity contribution in [2.24, 2.45) is 0 Å². The van der Waals surface area contributed by atoms with Gasteiger partial charge in [0, 0.05) is 15.3 Å². The lowest BCUT2D eigenvalue weighted by Crippen LogP contribution is -2.22. The average Bonchev–Trinajstić information content (AvgIpc) is 3.06. The number of hydrogen-bond donors (Lipinski definition) is 2. The molecule has 6 nitrogen and oxygen atoms in total. The van der Waals surface area contributed by atoms with Gasteiger partial charge in [0.25, 0.3) is 5.91 Å². The number of aryl methyl sites for hydroxylation is 1. The zero-order valence-corrected chi connectivity index (χ0v) is 15.0. The maximum absolute atomic E-state index is 12.3. The predicted molar refractivity (Wildman–Crippen MR) is 95.6 cm³/mol. The Bertz CT molecular complexity index is 741. The first-order chi connectivity index (χ1) is 12.0. The van der Waals surface area contributed by atoms with E-state index in [2.05, 4.69) is 18.3 Å². The molecule has 7 heteroatoms. The fourth-order valence-electron chi connectivity index (χ4n) is 2.15. The number of carbonyl (C=O) groups excluding carboxylic acids is 1. The van der Waals surface area contributed by atoms with Gasteiger partial charge in [-0.2, -0.15) is 0 Å². The zero-order chi connectivity index (χ0) is 18.2. The molecule has 0 aliphatic rings. The van der Waals surface area contributed by atoms with Crippen molar-refractivity contribution in [2.75, 3.05) is 13.2 Å². The van der Waals surface area contributed by atoms with Crippen molar-refractivity contribution in [3.05, 3.63) is 45.6 Å². The predicted octanol–water partition coefficient (Wildman–Crippen LogP) is 3.10. The zero-order valence-electron chi connectivity index (χ0n) is 14.2. The molecule has 2 aromatic rings. The summed E-state index contributed by atoms with van der Waals surface area (Å²) in [7, 11) is 0. The van der Waals surface area contributed by atoms with Gasteiger partial charge in [0.15, 0.2) is 18.1 Å². The highest BCUT2D eigenvalue weighted by Gasteiger charge is 2.13. The lowest BCUT2D eigenvalue weighted by atomic mass is 10.2. The van der Waals surface area contributed by atoms with Crippen LogP contribution in [0.1, 0.15) is 34.0 Å². The monoisotopic (exact) mass is 363 g/mol. The van der Waals surface area contributed by atoms with Crippen molar-refractivity contribution in [2.45, 2.75) is 26.8 Å². The second kappa shape index (κ2) is 9.08. The summed E-state index contributed by atoms with van der Waals surface area (Å²) in [5.41, 5.74) is 0.429. The number of rotatable bonds is 9. The molecule has 0 spiro atoms. The Morgan fingerprint density at radius 3 is 2.48 bits per heavy atom. The van der Waals surface area contributed by atoms with Gasteiger partial charge in [-0.15, -0.1) is 11.3 Å². The topological polar surface area (TPSA) is 84.9 Å². The maximum atomic E-state index is 12.3. The first kappa shape index (κ1) is 18.8. The first-order valence-corrected chi connectivity index (χ1v) is 8.82. The van der Waals surface area contributed by atoms with E-state index in [1.165, 1.54) is 4.88 Å². The number of nitrogens with one attached hydrogen (secondary N) is 1. The summed E-state index contributed by atoms with van der Waals surface area (Å²) in [6.45, 7) is 4.27. The molecule has 0 saturated carbocycles. The van der Waals surface area contributed by atoms with E-state index in [0.717, 1.165) is 11.3 Å². The van der Waals surface area contributed by atoms with Gasteiger partial charge in [0.2, 0.25) is 0 Å². The number of carboxylic acid groups (broad SMARTS) is 1. The molecule has 25 heavy (non-hydrogen) atoms. The number of aliphatic carboxylic acids is 1. The SMILES string of the molecule is CCOc1cc(C(=O)NCc2ccc(CC)s2)ccc1OCC(=O)O. The van der Waals surface area contributed by atoms with Crippen LogP contribution in [0.2, 0.25) is 0 Å². The second-order valence-electron chi connectivity index (χ2n) is 5.18. The van der Waals surface area contributed by atoms with Gasteiger partial charge in [-0.05, 0) is 43.7 Å². The third kappa shape index (κ3) is 5.49. The van der Waals surface area contributed by atoms with Gasteiger partial charge >= 0.3 is 5.97 Å². The Labute approximate surface area is 150 Å². The van der Waals surface area contributed by atoms with Crippen molar-refractivity contribution >= 4 is 23.2 Å². The number of carboxylic acids is 1. The molecule has 1 aromatic carbocycles. The fourth-order valence-corrected chi connectivity index (χ4v) is 3.05. The van der Waals surface area contributed by atoms with Crippen LogP contribution < -0.4 is 14.8 Å². The molecule has 1 amide bonds. The summed E-state index contributed by atoms with van der Waals surface area (Å²) in [4.78, 5) is 25.3. The van der Waals surface area contributed by atoms with Gasteiger partial charge in [0.05, 0.1) is 13.2 Å². The van der Waals surface area contributed by atoms with Crippen LogP contribution in [-0.4, -0.2) is 30.2 Å². The smallest absolute Gasteiger partial charge is 0.341 e. The molecule has 0 bridgehead atoms. The van der Waals surface area contributed by atoms with Gasteiger partial charge in [-0.3, -0.25) is 4.79 Å². The maximum Gasteiger partial charge on any atom is 0.341 e. The Morgan fingerprint density at radius 2 is 1.84 bits per heavy atom. The Balaban J connectivity index is 2.05. The Kier molecular flexibility index (Phi) is 6.82. The van der Waals surface area contributed by atoms with Crippen LogP contribution in [0.3, 0.4) is 0 Å². The minimum atomic E-state index is -1.08. The molecule has 0 saturated heterocycles. The van der Waals surface area contributed by atoms with Crippen LogP contribution >= 0.6 is 11.3 Å². The molecular formula is C18H21NO5S. The van der Waals surface area contributed by atoms with E-state index >= 15 is 0 Å². The number of benzene rings is 1. The highest BCUT2D eigenvalue weighted by atomic mass is 32.1. The van der Waals surface area contributed by atoms with Crippen LogP contribution in [-0.2, 0) is 17.8 Å². The summed E-state index contributed by atoms with van der Waals surface area (Å²) in [6, 6.07) is 8.76. The van der Waals surface area contributed by atoms with Crippen molar-refractivity contribution in [1.82, 2.24) is 5.32 Å². The molecule has 2 N–H and O–H groups in total. The van der Waals surface area contributed by atoms with E-state index in [1.54, 1.807) is 36.5 Å². The summed E-state index contributed by atoms with van der Waals surface area (Å²) in [6.07, 6.45) is 0.980. The molecule has 0 unspecified atom stereocenters. The minimum absolute atomic E-state index is 0.225. The Hall–Kier alpha value is -2.54. The van der Waals surface area contributed by atoms with Gasteiger partial charge < -0.3 is 19.9 Å². The van der Waals surface area contributed by atoms with Gasteiger partial charge in [-0.1, -0.05) is 6.92 Å². The average molecular weight is 363 g/mol. The number of amides is 1.